The van der Waals surface area contributed by atoms with Gasteiger partial charge >= 0.3 is 11.9 Å². The Hall–Kier alpha value is -8.80. The summed E-state index contributed by atoms with van der Waals surface area (Å²) >= 11 is 4.45. The number of aryl methyl sites for hydroxylation is 15. The number of anilines is 1. The van der Waals surface area contributed by atoms with Gasteiger partial charge in [-0.05, 0) is 89.2 Å². The number of carbonyl (C=O) groups is 6. The van der Waals surface area contributed by atoms with E-state index in [1.165, 1.54) is 47.4 Å². The van der Waals surface area contributed by atoms with Crippen molar-refractivity contribution in [1.82, 2.24) is 79.7 Å². The number of carbonyl (C=O) groups excluding carboxylic acids is 7. The van der Waals surface area contributed by atoms with Crippen molar-refractivity contribution < 1.29 is 183 Å². The second-order valence-electron chi connectivity index (χ2n) is 26.8. The number of thiocarbonyl (C=S) groups is 1. The third-order valence-corrected chi connectivity index (χ3v) is 17.0. The molecule has 754 valence electrons. The van der Waals surface area contributed by atoms with E-state index in [9.17, 15) is 46.5 Å². The Bertz CT molecular complexity index is 4770. The van der Waals surface area contributed by atoms with Crippen molar-refractivity contribution in [1.29, 1.82) is 0 Å². The molecule has 0 spiro atoms. The number of pyridine rings is 2. The Balaban J connectivity index is -0.000000186. The maximum Gasteiger partial charge on any atom is 0.332 e. The summed E-state index contributed by atoms with van der Waals surface area (Å²) in [5.41, 5.74) is 13.4. The number of hydrogen-bond donors (Lipinski definition) is 0. The van der Waals surface area contributed by atoms with E-state index >= 15 is 0 Å². The summed E-state index contributed by atoms with van der Waals surface area (Å²) in [6.07, 6.45) is 38.9. The second kappa shape index (κ2) is 91.9. The van der Waals surface area contributed by atoms with Gasteiger partial charge in [-0.25, -0.2) is 22.8 Å². The third kappa shape index (κ3) is 75.1. The van der Waals surface area contributed by atoms with Gasteiger partial charge in [0, 0.05) is 256 Å². The Morgan fingerprint density at radius 1 is 0.464 bits per heavy atom. The van der Waals surface area contributed by atoms with E-state index in [1.807, 2.05) is 215 Å². The molecule has 11 heterocycles. The van der Waals surface area contributed by atoms with Crippen LogP contribution in [-0.2, 0) is 218 Å². The molecule has 5 aliphatic rings. The summed E-state index contributed by atoms with van der Waals surface area (Å²) in [4.78, 5) is 145. The molecular formula is C99H136N19O12S2W6-7. The largest absolute Gasteiger partial charge is 0.747 e. The maximum absolute atomic E-state index is 11.3. The number of hydroxylamine groups is 4. The summed E-state index contributed by atoms with van der Waals surface area (Å²) in [7, 11) is -2.91. The number of aliphatic imine (C=N–C) groups is 2. The zero-order valence-corrected chi connectivity index (χ0v) is 104. The van der Waals surface area contributed by atoms with Crippen LogP contribution >= 0.6 is 12.2 Å². The molecule has 1 unspecified atom stereocenters. The van der Waals surface area contributed by atoms with Crippen LogP contribution in [0.3, 0.4) is 0 Å². The molecular weight excluding hydrogens is 2810 g/mol. The molecule has 3 aromatic carbocycles. The Labute approximate surface area is 912 Å². The number of rotatable bonds is 18. The van der Waals surface area contributed by atoms with E-state index in [0.29, 0.717) is 10.8 Å². The summed E-state index contributed by atoms with van der Waals surface area (Å²) in [6, 6.07) is 35.4. The molecule has 138 heavy (non-hydrogen) atoms. The van der Waals surface area contributed by atoms with Gasteiger partial charge in [-0.3, -0.25) is 19.2 Å². The van der Waals surface area contributed by atoms with Crippen LogP contribution in [0.2, 0.25) is 0 Å². The maximum atomic E-state index is 11.3. The predicted molar refractivity (Wildman–Crippen MR) is 519 cm³/mol. The van der Waals surface area contributed by atoms with Gasteiger partial charge in [0.2, 0.25) is 6.08 Å². The van der Waals surface area contributed by atoms with Crippen LogP contribution in [0.4, 0.5) is 17.1 Å². The fourth-order valence-corrected chi connectivity index (χ4v) is 9.81. The van der Waals surface area contributed by atoms with Crippen LogP contribution in [-0.4, -0.2) is 158 Å². The molecule has 2 fully saturated rings. The monoisotopic (exact) mass is 2950 g/mol. The number of amides is 4. The minimum atomic E-state index is -4.91. The molecule has 9 aromatic rings. The molecule has 31 nitrogen and oxygen atoms in total. The van der Waals surface area contributed by atoms with Crippen molar-refractivity contribution in [3.05, 3.63) is 269 Å². The number of nitrogens with zero attached hydrogens (tertiary/aromatic N) is 19. The zero-order chi connectivity index (χ0) is 100. The summed E-state index contributed by atoms with van der Waals surface area (Å²) < 4.78 is 31.8. The van der Waals surface area contributed by atoms with E-state index < -0.39 is 57.4 Å². The van der Waals surface area contributed by atoms with Crippen molar-refractivity contribution in [2.24, 2.45) is 9.98 Å². The van der Waals surface area contributed by atoms with Gasteiger partial charge in [-0.15, -0.1) is 34.4 Å². The summed E-state index contributed by atoms with van der Waals surface area (Å²) in [6.45, 7) is 52.4. The number of aromatic nitrogens is 12. The van der Waals surface area contributed by atoms with E-state index in [0.717, 1.165) is 127 Å². The van der Waals surface area contributed by atoms with Crippen molar-refractivity contribution in [3.8, 4) is 0 Å². The molecule has 0 bridgehead atoms. The third-order valence-electron chi connectivity index (χ3n) is 15.9. The Kier molecular flexibility index (Phi) is 97.9. The number of benzene rings is 3. The minimum Gasteiger partial charge on any atom is -0.747 e. The van der Waals surface area contributed by atoms with Crippen LogP contribution in [0.25, 0.3) is 0 Å². The van der Waals surface area contributed by atoms with E-state index in [2.05, 4.69) is 241 Å². The molecule has 0 aliphatic carbocycles. The van der Waals surface area contributed by atoms with Crippen LogP contribution < -0.4 is 4.90 Å². The van der Waals surface area contributed by atoms with Gasteiger partial charge in [0.1, 0.15) is 15.4 Å². The molecule has 6 aromatic heterocycles. The van der Waals surface area contributed by atoms with Gasteiger partial charge in [-0.2, -0.15) is 33.2 Å². The average molecular weight is 2950 g/mol. The van der Waals surface area contributed by atoms with Crippen LogP contribution in [0, 0.1) is 99.8 Å². The molecule has 0 saturated carbocycles. The first kappa shape index (κ1) is 147. The Morgan fingerprint density at radius 3 is 1.18 bits per heavy atom. The second-order valence-corrected chi connectivity index (χ2v) is 28.5. The summed E-state index contributed by atoms with van der Waals surface area (Å²) in [5.74, 6) is 0.0870. The molecule has 4 amide bonds. The Morgan fingerprint density at radius 2 is 0.855 bits per heavy atom. The number of isocyanates is 1. The van der Waals surface area contributed by atoms with Crippen molar-refractivity contribution in [3.63, 3.8) is 0 Å². The predicted octanol–water partition coefficient (Wildman–Crippen LogP) is 18.9. The smallest absolute Gasteiger partial charge is 0.332 e. The van der Waals surface area contributed by atoms with Crippen LogP contribution in [0.5, 0.6) is 0 Å². The van der Waals surface area contributed by atoms with E-state index in [1.54, 1.807) is 19.1 Å². The topological polar surface area (TPSA) is 390 Å². The quantitative estimate of drug-likeness (QED) is 0.0192. The van der Waals surface area contributed by atoms with Gasteiger partial charge in [0.15, 0.2) is 0 Å². The van der Waals surface area contributed by atoms with Crippen molar-refractivity contribution in [2.45, 2.75) is 275 Å². The molecule has 0 N–H and O–H groups in total. The van der Waals surface area contributed by atoms with Crippen LogP contribution in [0.15, 0.2) is 156 Å². The molecule has 14 rings (SSSR count). The van der Waals surface area contributed by atoms with Gasteiger partial charge < -0.3 is 88.7 Å². The first-order valence-corrected chi connectivity index (χ1v) is 46.1. The minimum absolute atomic E-state index is 0. The molecule has 2 saturated heterocycles. The van der Waals surface area contributed by atoms with E-state index in [4.69, 9.17) is 0 Å². The normalized spacial score (nSPS) is 11.5. The van der Waals surface area contributed by atoms with Gasteiger partial charge in [0.05, 0.1) is 23.0 Å². The SMILES string of the molecule is CC.CC.CC.CC.CCC(=O)ON1C(=O)CC(S(=O)(=O)[O-])C1=O.CCC(=O)ON1C(=O)CCC1=O.CCCc1c[c-]nc(C)c1.CCCc1c[c-]nc(C)n1.CCCc1n[c-]nc(C)n1.CCN1C=C1.CCc1c[c-]nc(C)c1.CCc1c[c-]nc(C)n1.CCc1n[c-]nc(C)n1.CN1C=C1.Cc1ccc(N2C=C2)cc1.Cc1ccc(N=C=O)cc1.Cc1ccc(N=C=S)cc1.[W].[W].[W].[W].[W].[W]. The molecule has 5 aliphatic heterocycles. The van der Waals surface area contributed by atoms with Gasteiger partial charge in [-0.1, -0.05) is 298 Å². The summed E-state index contributed by atoms with van der Waals surface area (Å²) in [5, 5.41) is 0.897. The first-order valence-electron chi connectivity index (χ1n) is 44.2. The molecule has 0 radical (unpaired) electrons. The molecule has 1 atom stereocenters. The fourth-order valence-electron chi connectivity index (χ4n) is 9.01. The number of isothiocyanates is 1. The van der Waals surface area contributed by atoms with Crippen LogP contribution in [0.1, 0.15) is 255 Å². The van der Waals surface area contributed by atoms with Gasteiger partial charge in [0.25, 0.3) is 23.6 Å². The number of imide groups is 2. The van der Waals surface area contributed by atoms with Crippen molar-refractivity contribution in [2.75, 3.05) is 18.5 Å². The fraction of sp³-hybridized carbons (Fsp3) is 0.434. The molecule has 39 heteroatoms. The number of hydrogen-bond acceptors (Lipinski definition) is 30. The average Bonchev–Trinajstić information content (AvgIpc) is 1.65. The van der Waals surface area contributed by atoms with Crippen molar-refractivity contribution >= 4 is 86.2 Å². The standard InChI is InChI=1S/C9H9N.C9H12N.C8H11N2.C8H7NO.C8H7NS.C8H10N.C7H10N3.C7H9N2.C7H9NO7S.C7H9NO4.C6H8N3.C4H7N.C3H5N.4C2H6.6W/c1-8-2-4-9(5-3-8)10-6-7-10;1-3-4-9-5-6-10-8(2)7-9;1-3-4-8-5-6-9-7(2)10-8;2*1-7-2-4-8(5-3-7)9-6-10;1-3-8-4-5-9-7(2)6-8;1-3-4-7-9-5-8-6(2)10-7;1-3-7-4-5-8-6(2)9-7;1-2-6(10)15-8-5(9)3-4(7(8)11)16(12,13)14;1-2-7(11)12-8-5(9)3-4-6(8)10;1-3-6-8-4-7-5(2)9-6;1-2-5-3-4-5;1-4-2-3-4;4*1-2;;;;;;/h2-7H,1H3;5,7H,3-4H2,1-2H3;5H,3-4H2,1-2H3;2*2-5H,1H3;4,6H,3H2,1-2H3;3-4H2,1-2H3;4H,3H2,1-2H3;4H,2-3H2,1H3,(H,12,13,14);2-4H2,1H3;3H2,1-2H3;3-4H,2H2,1H3;2-3H,1H3;4*1-2H3;;;;;;/q;2*-1;;;3*-1;;;-1;;;;;;;;;;;;/p-1. The zero-order valence-electron chi connectivity index (χ0n) is 84.7. The first-order chi connectivity index (χ1) is 63.2. The van der Waals surface area contributed by atoms with E-state index in [-0.39, 0.29) is 157 Å².